The highest BCUT2D eigenvalue weighted by Crippen LogP contribution is 2.19. The van der Waals surface area contributed by atoms with Crippen LogP contribution in [0.3, 0.4) is 0 Å². The molecule has 0 bridgehead atoms. The van der Waals surface area contributed by atoms with Crippen LogP contribution in [0.5, 0.6) is 0 Å². The first-order valence-corrected chi connectivity index (χ1v) is 5.85. The van der Waals surface area contributed by atoms with E-state index in [1.807, 2.05) is 0 Å². The smallest absolute Gasteiger partial charge is 0.281 e. The van der Waals surface area contributed by atoms with E-state index in [9.17, 15) is 4.79 Å². The lowest BCUT2D eigenvalue weighted by Crippen LogP contribution is -2.16. The average molecular weight is 261 g/mol. The van der Waals surface area contributed by atoms with Gasteiger partial charge in [-0.2, -0.15) is 0 Å². The van der Waals surface area contributed by atoms with Crippen LogP contribution in [0, 0.1) is 0 Å². The fourth-order valence-corrected chi connectivity index (χ4v) is 2.10. The third-order valence-electron chi connectivity index (χ3n) is 2.24. The van der Waals surface area contributed by atoms with Crippen molar-refractivity contribution in [3.63, 3.8) is 0 Å². The minimum atomic E-state index is 0.0575. The molecule has 0 aromatic carbocycles. The number of hydrogen-bond acceptors (Lipinski definition) is 1. The highest BCUT2D eigenvalue weighted by molar-refractivity contribution is 9.10. The summed E-state index contributed by atoms with van der Waals surface area (Å²) in [5, 5.41) is 3.14. The summed E-state index contributed by atoms with van der Waals surface area (Å²) in [4.78, 5) is 11.7. The molecule has 0 amide bonds. The van der Waals surface area contributed by atoms with E-state index in [1.54, 1.807) is 4.68 Å². The summed E-state index contributed by atoms with van der Waals surface area (Å²) >= 11 is 3.33. The summed E-state index contributed by atoms with van der Waals surface area (Å²) in [6.45, 7) is 7.04. The van der Waals surface area contributed by atoms with Crippen LogP contribution in [0.2, 0.25) is 0 Å². The monoisotopic (exact) mass is 260 g/mol. The Morgan fingerprint density at radius 3 is 2.57 bits per heavy atom. The van der Waals surface area contributed by atoms with Crippen LogP contribution in [0.1, 0.15) is 45.2 Å². The van der Waals surface area contributed by atoms with Crippen LogP contribution in [-0.4, -0.2) is 9.78 Å². The van der Waals surface area contributed by atoms with Gasteiger partial charge in [-0.05, 0) is 28.3 Å². The van der Waals surface area contributed by atoms with Crippen molar-refractivity contribution in [2.24, 2.45) is 0 Å². The minimum Gasteiger partial charge on any atom is -0.298 e. The number of hydrogen-bond donors (Lipinski definition) is 1. The molecule has 1 N–H and O–H groups in total. The Hall–Kier alpha value is -0.510. The van der Waals surface area contributed by atoms with Crippen molar-refractivity contribution in [3.8, 4) is 0 Å². The Kier molecular flexibility index (Phi) is 3.98. The van der Waals surface area contributed by atoms with Crippen molar-refractivity contribution in [1.82, 2.24) is 9.78 Å². The number of unbranched alkanes of at least 4 members (excludes halogenated alkanes) is 1. The molecule has 14 heavy (non-hydrogen) atoms. The van der Waals surface area contributed by atoms with E-state index < -0.39 is 0 Å². The van der Waals surface area contributed by atoms with Crippen LogP contribution in [0.15, 0.2) is 9.27 Å². The first-order chi connectivity index (χ1) is 6.57. The Morgan fingerprint density at radius 2 is 2.14 bits per heavy atom. The first kappa shape index (κ1) is 11.6. The molecule has 0 fully saturated rings. The molecule has 0 atom stereocenters. The van der Waals surface area contributed by atoms with E-state index in [0.29, 0.717) is 10.4 Å². The van der Waals surface area contributed by atoms with Crippen molar-refractivity contribution in [1.29, 1.82) is 0 Å². The van der Waals surface area contributed by atoms with Crippen LogP contribution in [0.4, 0.5) is 0 Å². The fraction of sp³-hybridized carbons (Fsp3) is 0.700. The SMILES string of the molecule is CCCCn1[nH]c(C(C)C)c(Br)c1=O. The second-order valence-corrected chi connectivity index (χ2v) is 4.60. The zero-order chi connectivity index (χ0) is 10.7. The quantitative estimate of drug-likeness (QED) is 0.889. The molecular formula is C10H17BrN2O. The molecule has 1 heterocycles. The predicted molar refractivity (Wildman–Crippen MR) is 61.7 cm³/mol. The lowest BCUT2D eigenvalue weighted by Gasteiger charge is -2.02. The first-order valence-electron chi connectivity index (χ1n) is 5.06. The summed E-state index contributed by atoms with van der Waals surface area (Å²) in [6, 6.07) is 0. The van der Waals surface area contributed by atoms with Gasteiger partial charge >= 0.3 is 0 Å². The second kappa shape index (κ2) is 4.82. The van der Waals surface area contributed by atoms with Gasteiger partial charge in [-0.1, -0.05) is 27.2 Å². The number of aromatic nitrogens is 2. The molecule has 1 aromatic heterocycles. The molecule has 0 unspecified atom stereocenters. The predicted octanol–water partition coefficient (Wildman–Crippen LogP) is 2.86. The summed E-state index contributed by atoms with van der Waals surface area (Å²) < 4.78 is 2.37. The Balaban J connectivity index is 2.97. The molecule has 0 saturated carbocycles. The van der Waals surface area contributed by atoms with Crippen LogP contribution in [-0.2, 0) is 6.54 Å². The van der Waals surface area contributed by atoms with E-state index in [-0.39, 0.29) is 5.56 Å². The summed E-state index contributed by atoms with van der Waals surface area (Å²) in [5.41, 5.74) is 1.05. The lowest BCUT2D eigenvalue weighted by atomic mass is 10.1. The number of H-pyrrole nitrogens is 1. The second-order valence-electron chi connectivity index (χ2n) is 3.80. The molecule has 0 radical (unpaired) electrons. The molecular weight excluding hydrogens is 244 g/mol. The molecule has 0 aliphatic carbocycles. The molecule has 3 nitrogen and oxygen atoms in total. The molecule has 80 valence electrons. The topological polar surface area (TPSA) is 37.8 Å². The normalized spacial score (nSPS) is 11.2. The average Bonchev–Trinajstić information content (AvgIpc) is 2.42. The minimum absolute atomic E-state index is 0.0575. The summed E-state index contributed by atoms with van der Waals surface area (Å²) in [6.07, 6.45) is 2.13. The molecule has 0 aliphatic rings. The van der Waals surface area contributed by atoms with Gasteiger partial charge in [0.05, 0.1) is 5.69 Å². The van der Waals surface area contributed by atoms with Gasteiger partial charge in [0.2, 0.25) is 0 Å². The zero-order valence-corrected chi connectivity index (χ0v) is 10.5. The lowest BCUT2D eigenvalue weighted by molar-refractivity contribution is 0.547. The van der Waals surface area contributed by atoms with Gasteiger partial charge < -0.3 is 0 Å². The van der Waals surface area contributed by atoms with E-state index in [0.717, 1.165) is 25.1 Å². The molecule has 4 heteroatoms. The Labute approximate surface area is 92.6 Å². The molecule has 0 aliphatic heterocycles. The van der Waals surface area contributed by atoms with Crippen LogP contribution in [0.25, 0.3) is 0 Å². The van der Waals surface area contributed by atoms with Crippen molar-refractivity contribution in [2.75, 3.05) is 0 Å². The van der Waals surface area contributed by atoms with E-state index >= 15 is 0 Å². The van der Waals surface area contributed by atoms with Crippen molar-refractivity contribution < 1.29 is 0 Å². The zero-order valence-electron chi connectivity index (χ0n) is 8.93. The number of aryl methyl sites for hydroxylation is 1. The maximum atomic E-state index is 11.7. The van der Waals surface area contributed by atoms with Crippen LogP contribution >= 0.6 is 15.9 Å². The standard InChI is InChI=1S/C10H17BrN2O/c1-4-5-6-13-10(14)8(11)9(12-13)7(2)3/h7,12H,4-6H2,1-3H3. The van der Waals surface area contributed by atoms with Crippen molar-refractivity contribution in [3.05, 3.63) is 20.5 Å². The summed E-state index contributed by atoms with van der Waals surface area (Å²) in [5.74, 6) is 0.347. The maximum Gasteiger partial charge on any atom is 0.281 e. The molecule has 0 spiro atoms. The number of nitrogens with one attached hydrogen (secondary N) is 1. The van der Waals surface area contributed by atoms with Gasteiger partial charge in [-0.15, -0.1) is 0 Å². The number of aromatic amines is 1. The maximum absolute atomic E-state index is 11.7. The molecule has 1 aromatic rings. The Bertz CT molecular complexity index is 351. The van der Waals surface area contributed by atoms with Gasteiger partial charge in [-0.3, -0.25) is 14.6 Å². The highest BCUT2D eigenvalue weighted by Gasteiger charge is 2.13. The van der Waals surface area contributed by atoms with Gasteiger partial charge in [-0.25, -0.2) is 0 Å². The highest BCUT2D eigenvalue weighted by atomic mass is 79.9. The third-order valence-corrected chi connectivity index (χ3v) is 3.00. The summed E-state index contributed by atoms with van der Waals surface area (Å²) in [7, 11) is 0. The molecule has 1 rings (SSSR count). The van der Waals surface area contributed by atoms with Gasteiger partial charge in [0, 0.05) is 6.54 Å². The fourth-order valence-electron chi connectivity index (χ4n) is 1.34. The van der Waals surface area contributed by atoms with E-state index in [1.165, 1.54) is 0 Å². The molecule has 0 saturated heterocycles. The van der Waals surface area contributed by atoms with E-state index in [2.05, 4.69) is 41.8 Å². The Morgan fingerprint density at radius 1 is 1.50 bits per heavy atom. The number of nitrogens with zero attached hydrogens (tertiary/aromatic N) is 1. The van der Waals surface area contributed by atoms with Crippen molar-refractivity contribution in [2.45, 2.75) is 46.1 Å². The van der Waals surface area contributed by atoms with Crippen LogP contribution < -0.4 is 5.56 Å². The third kappa shape index (κ3) is 2.29. The van der Waals surface area contributed by atoms with E-state index in [4.69, 9.17) is 0 Å². The largest absolute Gasteiger partial charge is 0.298 e. The number of halogens is 1. The van der Waals surface area contributed by atoms with Gasteiger partial charge in [0.25, 0.3) is 5.56 Å². The van der Waals surface area contributed by atoms with Crippen molar-refractivity contribution >= 4 is 15.9 Å². The number of rotatable bonds is 4. The van der Waals surface area contributed by atoms with Gasteiger partial charge in [0.1, 0.15) is 4.47 Å². The van der Waals surface area contributed by atoms with Gasteiger partial charge in [0.15, 0.2) is 0 Å².